The molecule has 2 atom stereocenters. The first-order valence-electron chi connectivity index (χ1n) is 8.19. The van der Waals surface area contributed by atoms with Crippen LogP contribution in [0, 0.1) is 11.8 Å². The first-order valence-corrected chi connectivity index (χ1v) is 8.57. The lowest BCUT2D eigenvalue weighted by atomic mass is 9.95. The molecule has 1 aliphatic heterocycles. The summed E-state index contributed by atoms with van der Waals surface area (Å²) in [7, 11) is 0. The Morgan fingerprint density at radius 3 is 2.57 bits per heavy atom. The molecule has 2 N–H and O–H groups in total. The van der Waals surface area contributed by atoms with E-state index in [1.807, 2.05) is 12.1 Å². The molecule has 1 heterocycles. The van der Waals surface area contributed by atoms with Crippen LogP contribution >= 0.6 is 11.6 Å². The van der Waals surface area contributed by atoms with Crippen molar-refractivity contribution >= 4 is 17.3 Å². The average Bonchev–Trinajstić information content (AvgIpc) is 2.95. The van der Waals surface area contributed by atoms with Crippen molar-refractivity contribution in [1.29, 1.82) is 0 Å². The maximum atomic E-state index is 6.09. The molecule has 0 aromatic heterocycles. The van der Waals surface area contributed by atoms with Crippen molar-refractivity contribution in [1.82, 2.24) is 4.90 Å². The lowest BCUT2D eigenvalue weighted by Crippen LogP contribution is -2.48. The summed E-state index contributed by atoms with van der Waals surface area (Å²) in [6, 6.07) is 8.20. The van der Waals surface area contributed by atoms with Gasteiger partial charge in [0.2, 0.25) is 0 Å². The Morgan fingerprint density at radius 1 is 1.10 bits per heavy atom. The molecule has 0 bridgehead atoms. The van der Waals surface area contributed by atoms with Crippen LogP contribution in [0.1, 0.15) is 19.3 Å². The number of rotatable bonds is 4. The first kappa shape index (κ1) is 15.1. The first-order chi connectivity index (χ1) is 10.3. The van der Waals surface area contributed by atoms with Crippen molar-refractivity contribution < 1.29 is 0 Å². The van der Waals surface area contributed by atoms with E-state index in [1.165, 1.54) is 31.5 Å². The van der Waals surface area contributed by atoms with Gasteiger partial charge in [-0.05, 0) is 49.4 Å². The van der Waals surface area contributed by atoms with Gasteiger partial charge in [0.05, 0.1) is 0 Å². The zero-order valence-electron chi connectivity index (χ0n) is 12.7. The van der Waals surface area contributed by atoms with E-state index in [0.717, 1.165) is 49.6 Å². The zero-order valence-corrected chi connectivity index (χ0v) is 13.4. The Hall–Kier alpha value is -0.770. The van der Waals surface area contributed by atoms with Crippen LogP contribution in [0.5, 0.6) is 0 Å². The number of benzene rings is 1. The smallest absolute Gasteiger partial charge is 0.0426 e. The topological polar surface area (TPSA) is 32.5 Å². The third-order valence-electron chi connectivity index (χ3n) is 5.16. The molecule has 4 heteroatoms. The number of hydrogen-bond donors (Lipinski definition) is 1. The predicted molar refractivity (Wildman–Crippen MR) is 90.0 cm³/mol. The van der Waals surface area contributed by atoms with Gasteiger partial charge < -0.3 is 10.6 Å². The van der Waals surface area contributed by atoms with Crippen molar-refractivity contribution in [2.45, 2.75) is 19.3 Å². The van der Waals surface area contributed by atoms with Crippen LogP contribution in [0.15, 0.2) is 24.3 Å². The van der Waals surface area contributed by atoms with Crippen LogP contribution in [0.2, 0.25) is 5.02 Å². The fraction of sp³-hybridized carbons (Fsp3) is 0.647. The summed E-state index contributed by atoms with van der Waals surface area (Å²) < 4.78 is 0. The fourth-order valence-corrected chi connectivity index (χ4v) is 4.04. The van der Waals surface area contributed by atoms with Gasteiger partial charge in [0.25, 0.3) is 0 Å². The second kappa shape index (κ2) is 6.99. The Morgan fingerprint density at radius 2 is 1.86 bits per heavy atom. The minimum absolute atomic E-state index is 0.760. The molecule has 3 rings (SSSR count). The van der Waals surface area contributed by atoms with Gasteiger partial charge in [-0.3, -0.25) is 4.90 Å². The highest BCUT2D eigenvalue weighted by atomic mass is 35.5. The third-order valence-corrected chi connectivity index (χ3v) is 5.39. The number of hydrogen-bond acceptors (Lipinski definition) is 3. The molecule has 1 saturated heterocycles. The third kappa shape index (κ3) is 3.71. The molecule has 2 aliphatic rings. The average molecular weight is 308 g/mol. The number of piperazine rings is 1. The maximum absolute atomic E-state index is 6.09. The van der Waals surface area contributed by atoms with Crippen molar-refractivity contribution in [2.24, 2.45) is 17.6 Å². The van der Waals surface area contributed by atoms with Gasteiger partial charge in [0, 0.05) is 43.4 Å². The van der Waals surface area contributed by atoms with Gasteiger partial charge >= 0.3 is 0 Å². The summed E-state index contributed by atoms with van der Waals surface area (Å²) >= 11 is 6.09. The molecule has 2 unspecified atom stereocenters. The number of anilines is 1. The lowest BCUT2D eigenvalue weighted by Gasteiger charge is -2.38. The van der Waals surface area contributed by atoms with Gasteiger partial charge in [-0.15, -0.1) is 0 Å². The number of nitrogens with two attached hydrogens (primary N) is 1. The molecule has 1 aromatic carbocycles. The van der Waals surface area contributed by atoms with Crippen LogP contribution in [-0.4, -0.2) is 44.2 Å². The second-order valence-corrected chi connectivity index (χ2v) is 6.89. The van der Waals surface area contributed by atoms with E-state index in [1.54, 1.807) is 0 Å². The molecule has 116 valence electrons. The Kier molecular flexibility index (Phi) is 5.04. The summed E-state index contributed by atoms with van der Waals surface area (Å²) in [5.74, 6) is 1.59. The number of halogens is 1. The normalized spacial score (nSPS) is 27.2. The largest absolute Gasteiger partial charge is 0.369 e. The SMILES string of the molecule is NCC1CCCC1CN1CCN(c2cccc(Cl)c2)CC1. The van der Waals surface area contributed by atoms with Gasteiger partial charge in [0.15, 0.2) is 0 Å². The van der Waals surface area contributed by atoms with Crippen LogP contribution < -0.4 is 10.6 Å². The van der Waals surface area contributed by atoms with E-state index >= 15 is 0 Å². The van der Waals surface area contributed by atoms with Crippen LogP contribution in [0.4, 0.5) is 5.69 Å². The van der Waals surface area contributed by atoms with Crippen LogP contribution in [0.3, 0.4) is 0 Å². The maximum Gasteiger partial charge on any atom is 0.0426 e. The minimum atomic E-state index is 0.760. The molecular formula is C17H26ClN3. The summed E-state index contributed by atoms with van der Waals surface area (Å²) in [6.45, 7) is 6.61. The molecule has 3 nitrogen and oxygen atoms in total. The fourth-order valence-electron chi connectivity index (χ4n) is 3.86. The molecule has 1 aliphatic carbocycles. The molecule has 0 radical (unpaired) electrons. The van der Waals surface area contributed by atoms with Crippen molar-refractivity contribution in [2.75, 3.05) is 44.2 Å². The number of nitrogens with zero attached hydrogens (tertiary/aromatic N) is 2. The molecule has 1 saturated carbocycles. The quantitative estimate of drug-likeness (QED) is 0.928. The van der Waals surface area contributed by atoms with Crippen LogP contribution in [0.25, 0.3) is 0 Å². The highest BCUT2D eigenvalue weighted by molar-refractivity contribution is 6.30. The monoisotopic (exact) mass is 307 g/mol. The summed E-state index contributed by atoms with van der Waals surface area (Å²) in [4.78, 5) is 5.07. The van der Waals surface area contributed by atoms with Crippen molar-refractivity contribution in [3.05, 3.63) is 29.3 Å². The molecule has 21 heavy (non-hydrogen) atoms. The highest BCUT2D eigenvalue weighted by Crippen LogP contribution is 2.32. The van der Waals surface area contributed by atoms with E-state index in [4.69, 9.17) is 17.3 Å². The molecule has 2 fully saturated rings. The summed E-state index contributed by atoms with van der Waals surface area (Å²) in [5.41, 5.74) is 7.15. The van der Waals surface area contributed by atoms with E-state index in [9.17, 15) is 0 Å². The van der Waals surface area contributed by atoms with Crippen molar-refractivity contribution in [3.63, 3.8) is 0 Å². The Bertz CT molecular complexity index is 457. The highest BCUT2D eigenvalue weighted by Gasteiger charge is 2.28. The predicted octanol–water partition coefficient (Wildman–Crippen LogP) is 2.84. The minimum Gasteiger partial charge on any atom is -0.369 e. The lowest BCUT2D eigenvalue weighted by molar-refractivity contribution is 0.197. The zero-order chi connectivity index (χ0) is 14.7. The van der Waals surface area contributed by atoms with Gasteiger partial charge in [0.1, 0.15) is 0 Å². The summed E-state index contributed by atoms with van der Waals surface area (Å²) in [5, 5.41) is 0.826. The van der Waals surface area contributed by atoms with Gasteiger partial charge in [-0.1, -0.05) is 24.1 Å². The van der Waals surface area contributed by atoms with Gasteiger partial charge in [-0.2, -0.15) is 0 Å². The van der Waals surface area contributed by atoms with Crippen molar-refractivity contribution in [3.8, 4) is 0 Å². The standard InChI is InChI=1S/C17H26ClN3/c18-16-5-2-6-17(11-16)21-9-7-20(8-10-21)13-15-4-1-3-14(15)12-19/h2,5-6,11,14-15H,1,3-4,7-10,12-13,19H2. The Labute approximate surface area is 133 Å². The van der Waals surface area contributed by atoms with E-state index in [2.05, 4.69) is 21.9 Å². The Balaban J connectivity index is 1.51. The van der Waals surface area contributed by atoms with E-state index in [-0.39, 0.29) is 0 Å². The van der Waals surface area contributed by atoms with Gasteiger partial charge in [-0.25, -0.2) is 0 Å². The summed E-state index contributed by atoms with van der Waals surface area (Å²) in [6.07, 6.45) is 4.08. The molecule has 1 aromatic rings. The molecule has 0 amide bonds. The second-order valence-electron chi connectivity index (χ2n) is 6.45. The van der Waals surface area contributed by atoms with E-state index in [0.29, 0.717) is 0 Å². The van der Waals surface area contributed by atoms with Crippen LogP contribution in [-0.2, 0) is 0 Å². The van der Waals surface area contributed by atoms with E-state index < -0.39 is 0 Å². The molecule has 0 spiro atoms. The molecular weight excluding hydrogens is 282 g/mol.